The van der Waals surface area contributed by atoms with Crippen LogP contribution in [0.2, 0.25) is 5.15 Å². The standard InChI is InChI=1S/C11H8ClN7/c1-5-7-8-6(3-13-10(7)18(2)17-5)9(12)16-11-14-4-15-19(8)11/h3-4H,1-2H3. The molecule has 4 aromatic heterocycles. The van der Waals surface area contributed by atoms with E-state index in [0.29, 0.717) is 10.9 Å². The van der Waals surface area contributed by atoms with Gasteiger partial charge in [-0.3, -0.25) is 4.68 Å². The molecule has 0 fully saturated rings. The van der Waals surface area contributed by atoms with E-state index >= 15 is 0 Å². The van der Waals surface area contributed by atoms with E-state index in [4.69, 9.17) is 11.6 Å². The molecule has 8 heteroatoms. The van der Waals surface area contributed by atoms with Gasteiger partial charge in [0.15, 0.2) is 5.65 Å². The number of nitrogens with zero attached hydrogens (tertiary/aromatic N) is 7. The Kier molecular flexibility index (Phi) is 1.89. The van der Waals surface area contributed by atoms with Gasteiger partial charge in [-0.1, -0.05) is 11.6 Å². The second-order valence-corrected chi connectivity index (χ2v) is 4.66. The fourth-order valence-corrected chi connectivity index (χ4v) is 2.60. The number of pyridine rings is 1. The zero-order chi connectivity index (χ0) is 13.1. The van der Waals surface area contributed by atoms with Crippen molar-refractivity contribution < 1.29 is 0 Å². The van der Waals surface area contributed by atoms with Gasteiger partial charge in [0.05, 0.1) is 22.0 Å². The average molecular weight is 274 g/mol. The first kappa shape index (κ1) is 10.6. The summed E-state index contributed by atoms with van der Waals surface area (Å²) in [5.41, 5.74) is 2.49. The fraction of sp³-hybridized carbons (Fsp3) is 0.182. The molecule has 4 rings (SSSR count). The minimum Gasteiger partial charge on any atom is -0.250 e. The van der Waals surface area contributed by atoms with Crippen LogP contribution in [0, 0.1) is 6.92 Å². The topological polar surface area (TPSA) is 73.8 Å². The monoisotopic (exact) mass is 273 g/mol. The lowest BCUT2D eigenvalue weighted by atomic mass is 10.2. The fourth-order valence-electron chi connectivity index (χ4n) is 2.38. The zero-order valence-corrected chi connectivity index (χ0v) is 10.9. The van der Waals surface area contributed by atoms with Crippen LogP contribution in [-0.2, 0) is 7.05 Å². The number of hydrogen-bond donors (Lipinski definition) is 0. The number of aryl methyl sites for hydroxylation is 2. The van der Waals surface area contributed by atoms with E-state index in [1.165, 1.54) is 6.33 Å². The Bertz CT molecular complexity index is 952. The van der Waals surface area contributed by atoms with Crippen molar-refractivity contribution in [3.8, 4) is 0 Å². The molecule has 0 spiro atoms. The second kappa shape index (κ2) is 3.39. The predicted molar refractivity (Wildman–Crippen MR) is 70.1 cm³/mol. The molecule has 0 N–H and O–H groups in total. The van der Waals surface area contributed by atoms with Crippen molar-refractivity contribution in [3.05, 3.63) is 23.4 Å². The van der Waals surface area contributed by atoms with E-state index in [9.17, 15) is 0 Å². The van der Waals surface area contributed by atoms with Crippen LogP contribution in [0.25, 0.3) is 27.7 Å². The molecule has 19 heavy (non-hydrogen) atoms. The molecule has 0 amide bonds. The third-order valence-electron chi connectivity index (χ3n) is 3.16. The van der Waals surface area contributed by atoms with Crippen molar-refractivity contribution in [2.45, 2.75) is 6.92 Å². The van der Waals surface area contributed by atoms with Gasteiger partial charge in [0.2, 0.25) is 0 Å². The Morgan fingerprint density at radius 1 is 1.26 bits per heavy atom. The van der Waals surface area contributed by atoms with Gasteiger partial charge in [0, 0.05) is 13.2 Å². The predicted octanol–water partition coefficient (Wildman–Crippen LogP) is 1.52. The van der Waals surface area contributed by atoms with E-state index in [-0.39, 0.29) is 0 Å². The Morgan fingerprint density at radius 3 is 2.95 bits per heavy atom. The van der Waals surface area contributed by atoms with Crippen LogP contribution in [0.4, 0.5) is 0 Å². The Balaban J connectivity index is 2.44. The van der Waals surface area contributed by atoms with E-state index in [1.807, 2.05) is 14.0 Å². The van der Waals surface area contributed by atoms with Crippen LogP contribution in [0.5, 0.6) is 0 Å². The van der Waals surface area contributed by atoms with Crippen LogP contribution in [0.3, 0.4) is 0 Å². The summed E-state index contributed by atoms with van der Waals surface area (Å²) < 4.78 is 3.40. The second-order valence-electron chi connectivity index (χ2n) is 4.30. The van der Waals surface area contributed by atoms with E-state index in [2.05, 4.69) is 25.1 Å². The van der Waals surface area contributed by atoms with E-state index < -0.39 is 0 Å². The van der Waals surface area contributed by atoms with Crippen molar-refractivity contribution in [2.24, 2.45) is 7.05 Å². The number of aromatic nitrogens is 7. The summed E-state index contributed by atoms with van der Waals surface area (Å²) in [4.78, 5) is 12.7. The lowest BCUT2D eigenvalue weighted by Gasteiger charge is -2.04. The van der Waals surface area contributed by atoms with Gasteiger partial charge in [0.1, 0.15) is 11.5 Å². The molecule has 0 aliphatic heterocycles. The van der Waals surface area contributed by atoms with Gasteiger partial charge >= 0.3 is 0 Å². The molecule has 0 aliphatic carbocycles. The summed E-state index contributed by atoms with van der Waals surface area (Å²) in [6, 6.07) is 0. The molecule has 0 atom stereocenters. The normalized spacial score (nSPS) is 11.9. The third kappa shape index (κ3) is 1.25. The van der Waals surface area contributed by atoms with Gasteiger partial charge in [-0.25, -0.2) is 4.98 Å². The molecule has 4 heterocycles. The van der Waals surface area contributed by atoms with Gasteiger partial charge in [0.25, 0.3) is 5.78 Å². The summed E-state index contributed by atoms with van der Waals surface area (Å²) in [6.45, 7) is 1.93. The smallest absolute Gasteiger partial charge is 0.250 e. The SMILES string of the molecule is Cc1nn(C)c2ncc3c(Cl)nc4ncnn4c3c12. The molecule has 7 nitrogen and oxygen atoms in total. The largest absolute Gasteiger partial charge is 0.254 e. The van der Waals surface area contributed by atoms with E-state index in [1.54, 1.807) is 15.4 Å². The molecule has 94 valence electrons. The Labute approximate surface area is 111 Å². The van der Waals surface area contributed by atoms with Crippen LogP contribution in [0.1, 0.15) is 5.69 Å². The minimum atomic E-state index is 0.369. The molecule has 0 radical (unpaired) electrons. The Morgan fingerprint density at radius 2 is 2.11 bits per heavy atom. The van der Waals surface area contributed by atoms with Crippen LogP contribution in [-0.4, -0.2) is 34.3 Å². The lowest BCUT2D eigenvalue weighted by molar-refractivity contribution is 0.774. The van der Waals surface area contributed by atoms with Gasteiger partial charge < -0.3 is 0 Å². The summed E-state index contributed by atoms with van der Waals surface area (Å²) in [6.07, 6.45) is 3.14. The molecule has 0 aliphatic rings. The van der Waals surface area contributed by atoms with Crippen LogP contribution in [0.15, 0.2) is 12.5 Å². The summed E-state index contributed by atoms with van der Waals surface area (Å²) in [7, 11) is 1.86. The summed E-state index contributed by atoms with van der Waals surface area (Å²) in [5, 5.41) is 10.6. The first-order valence-electron chi connectivity index (χ1n) is 5.64. The molecule has 0 bridgehead atoms. The maximum absolute atomic E-state index is 6.19. The van der Waals surface area contributed by atoms with E-state index in [0.717, 1.165) is 27.6 Å². The van der Waals surface area contributed by atoms with Gasteiger partial charge in [-0.05, 0) is 6.92 Å². The highest BCUT2D eigenvalue weighted by Crippen LogP contribution is 2.29. The summed E-state index contributed by atoms with van der Waals surface area (Å²) in [5.74, 6) is 0.466. The first-order chi connectivity index (χ1) is 9.16. The van der Waals surface area contributed by atoms with Crippen molar-refractivity contribution >= 4 is 39.3 Å². The molecular weight excluding hydrogens is 266 g/mol. The minimum absolute atomic E-state index is 0.369. The quantitative estimate of drug-likeness (QED) is 0.454. The van der Waals surface area contributed by atoms with Crippen molar-refractivity contribution in [3.63, 3.8) is 0 Å². The molecular formula is C11H8ClN7. The highest BCUT2D eigenvalue weighted by Gasteiger charge is 2.16. The third-order valence-corrected chi connectivity index (χ3v) is 3.45. The molecule has 0 unspecified atom stereocenters. The van der Waals surface area contributed by atoms with Crippen LogP contribution >= 0.6 is 11.6 Å². The summed E-state index contributed by atoms with van der Waals surface area (Å²) >= 11 is 6.19. The number of rotatable bonds is 0. The molecule has 0 saturated carbocycles. The first-order valence-corrected chi connectivity index (χ1v) is 6.02. The zero-order valence-electron chi connectivity index (χ0n) is 10.2. The van der Waals surface area contributed by atoms with Crippen LogP contribution < -0.4 is 0 Å². The highest BCUT2D eigenvalue weighted by molar-refractivity contribution is 6.35. The average Bonchev–Trinajstić information content (AvgIpc) is 2.95. The maximum atomic E-state index is 6.19. The molecule has 0 aromatic carbocycles. The number of halogens is 1. The molecule has 4 aromatic rings. The van der Waals surface area contributed by atoms with Gasteiger partial charge in [-0.15, -0.1) is 0 Å². The van der Waals surface area contributed by atoms with Crippen molar-refractivity contribution in [1.82, 2.24) is 34.3 Å². The van der Waals surface area contributed by atoms with Crippen molar-refractivity contribution in [2.75, 3.05) is 0 Å². The lowest BCUT2D eigenvalue weighted by Crippen LogP contribution is -1.98. The number of hydrogen-bond acceptors (Lipinski definition) is 5. The van der Waals surface area contributed by atoms with Crippen molar-refractivity contribution in [1.29, 1.82) is 0 Å². The van der Waals surface area contributed by atoms with Gasteiger partial charge in [-0.2, -0.15) is 24.7 Å². The number of fused-ring (bicyclic) bond motifs is 5. The Hall–Kier alpha value is -2.28. The maximum Gasteiger partial charge on any atom is 0.254 e. The molecule has 0 saturated heterocycles. The highest BCUT2D eigenvalue weighted by atomic mass is 35.5.